The molecule has 1 atom stereocenters. The molecule has 0 aromatic heterocycles. The van der Waals surface area contributed by atoms with Crippen molar-refractivity contribution in [3.05, 3.63) is 77.4 Å². The molecule has 0 fully saturated rings. The Bertz CT molecular complexity index is 1330. The third kappa shape index (κ3) is 6.42. The van der Waals surface area contributed by atoms with Crippen LogP contribution in [0.5, 0.6) is 0 Å². The molecule has 3 amide bonds. The minimum absolute atomic E-state index is 0.427. The number of ether oxygens (including phenoxy) is 1. The quantitative estimate of drug-likeness (QED) is 0.377. The van der Waals surface area contributed by atoms with Crippen LogP contribution in [-0.2, 0) is 14.3 Å². The van der Waals surface area contributed by atoms with Crippen LogP contribution in [-0.4, -0.2) is 35.0 Å². The fourth-order valence-electron chi connectivity index (χ4n) is 3.78. The summed E-state index contributed by atoms with van der Waals surface area (Å²) in [6, 6.07) is 20.1. The number of aryl methyl sites for hydroxylation is 1. The zero-order valence-electron chi connectivity index (χ0n) is 21.2. The number of rotatable bonds is 6. The Morgan fingerprint density at radius 2 is 1.69 bits per heavy atom. The number of alkyl carbamates (subject to hydrolysis) is 1. The van der Waals surface area contributed by atoms with Crippen molar-refractivity contribution in [2.75, 3.05) is 11.9 Å². The first-order valence-corrected chi connectivity index (χ1v) is 11.6. The molecule has 0 saturated carbocycles. The van der Waals surface area contributed by atoms with Gasteiger partial charge in [-0.2, -0.15) is 0 Å². The molecule has 0 aliphatic carbocycles. The van der Waals surface area contributed by atoms with E-state index in [-0.39, 0.29) is 0 Å². The van der Waals surface area contributed by atoms with Gasteiger partial charge in [-0.25, -0.2) is 4.79 Å². The van der Waals surface area contributed by atoms with Gasteiger partial charge in [-0.1, -0.05) is 55.0 Å². The minimum Gasteiger partial charge on any atom is -0.444 e. The maximum atomic E-state index is 13.6. The molecule has 0 bridgehead atoms. The average Bonchev–Trinajstić information content (AvgIpc) is 2.82. The van der Waals surface area contributed by atoms with Gasteiger partial charge in [0.2, 0.25) is 0 Å². The molecule has 3 aromatic rings. The van der Waals surface area contributed by atoms with Crippen molar-refractivity contribution in [3.8, 4) is 12.5 Å². The Hall–Kier alpha value is -4.31. The molecule has 7 heteroatoms. The Morgan fingerprint density at radius 1 is 1.00 bits per heavy atom. The van der Waals surface area contributed by atoms with E-state index in [0.29, 0.717) is 11.3 Å². The minimum atomic E-state index is -1.12. The standard InChI is InChI=1S/C29H31N3O4/c1-7-32(25(33)18-30-28(35)36-29(4,5)6)26(24-14-10-11-19(2)20(24)3)27(34)31-23-16-15-21-12-8-9-13-22(21)17-23/h1,8-17,26H,18H2,2-6H3,(H,30,35)(H,31,34). The summed E-state index contributed by atoms with van der Waals surface area (Å²) in [6.45, 7) is 8.52. The summed E-state index contributed by atoms with van der Waals surface area (Å²) in [5.41, 5.74) is 2.23. The van der Waals surface area contributed by atoms with E-state index < -0.39 is 36.1 Å². The predicted molar refractivity (Wildman–Crippen MR) is 141 cm³/mol. The predicted octanol–water partition coefficient (Wildman–Crippen LogP) is 5.08. The number of fused-ring (bicyclic) bond motifs is 1. The summed E-state index contributed by atoms with van der Waals surface area (Å²) < 4.78 is 5.19. The smallest absolute Gasteiger partial charge is 0.408 e. The molecule has 0 spiro atoms. The van der Waals surface area contributed by atoms with Crippen molar-refractivity contribution in [1.82, 2.24) is 10.2 Å². The van der Waals surface area contributed by atoms with Crippen LogP contribution in [0.15, 0.2) is 60.7 Å². The van der Waals surface area contributed by atoms with Crippen LogP contribution in [0.25, 0.3) is 10.8 Å². The molecule has 3 aromatic carbocycles. The van der Waals surface area contributed by atoms with Crippen molar-refractivity contribution in [3.63, 3.8) is 0 Å². The second-order valence-corrected chi connectivity index (χ2v) is 9.49. The van der Waals surface area contributed by atoms with Gasteiger partial charge in [-0.05, 0) is 74.2 Å². The molecule has 0 radical (unpaired) electrons. The van der Waals surface area contributed by atoms with Gasteiger partial charge in [0.15, 0.2) is 0 Å². The first-order chi connectivity index (χ1) is 17.0. The van der Waals surface area contributed by atoms with Crippen LogP contribution in [0, 0.1) is 26.3 Å². The van der Waals surface area contributed by atoms with Crippen LogP contribution in [0.3, 0.4) is 0 Å². The zero-order valence-corrected chi connectivity index (χ0v) is 21.2. The summed E-state index contributed by atoms with van der Waals surface area (Å²) in [4.78, 5) is 39.8. The first-order valence-electron chi connectivity index (χ1n) is 11.6. The number of hydrogen-bond donors (Lipinski definition) is 2. The van der Waals surface area contributed by atoms with E-state index in [1.807, 2.05) is 62.4 Å². The average molecular weight is 486 g/mol. The van der Waals surface area contributed by atoms with E-state index in [0.717, 1.165) is 26.8 Å². The highest BCUT2D eigenvalue weighted by molar-refractivity contribution is 6.00. The number of amides is 3. The molecular weight excluding hydrogens is 454 g/mol. The van der Waals surface area contributed by atoms with E-state index in [1.54, 1.807) is 32.9 Å². The SMILES string of the molecule is C#CN(C(=O)CNC(=O)OC(C)(C)C)C(C(=O)Nc1ccc2ccccc2c1)c1cccc(C)c1C. The summed E-state index contributed by atoms with van der Waals surface area (Å²) in [7, 11) is 0. The fourth-order valence-corrected chi connectivity index (χ4v) is 3.78. The number of nitrogens with one attached hydrogen (secondary N) is 2. The summed E-state index contributed by atoms with van der Waals surface area (Å²) in [6.07, 6.45) is 4.99. The maximum absolute atomic E-state index is 13.6. The Kier molecular flexibility index (Phi) is 8.00. The van der Waals surface area contributed by atoms with Gasteiger partial charge in [0.1, 0.15) is 18.2 Å². The van der Waals surface area contributed by atoms with Crippen molar-refractivity contribution in [2.45, 2.75) is 46.3 Å². The van der Waals surface area contributed by atoms with Gasteiger partial charge in [0, 0.05) is 11.7 Å². The number of terminal acetylenes is 1. The van der Waals surface area contributed by atoms with Crippen LogP contribution in [0.1, 0.15) is 43.5 Å². The Morgan fingerprint density at radius 3 is 2.36 bits per heavy atom. The van der Waals surface area contributed by atoms with Gasteiger partial charge < -0.3 is 15.4 Å². The number of hydrogen-bond acceptors (Lipinski definition) is 4. The summed E-state index contributed by atoms with van der Waals surface area (Å²) in [5, 5.41) is 7.32. The lowest BCUT2D eigenvalue weighted by atomic mass is 9.95. The second kappa shape index (κ2) is 11.0. The van der Waals surface area contributed by atoms with Crippen molar-refractivity contribution in [2.24, 2.45) is 0 Å². The molecule has 2 N–H and O–H groups in total. The zero-order chi connectivity index (χ0) is 26.5. The Labute approximate surface area is 211 Å². The van der Waals surface area contributed by atoms with Crippen LogP contribution in [0.2, 0.25) is 0 Å². The van der Waals surface area contributed by atoms with Gasteiger partial charge in [0.05, 0.1) is 0 Å². The van der Waals surface area contributed by atoms with Gasteiger partial charge in [-0.3, -0.25) is 14.5 Å². The highest BCUT2D eigenvalue weighted by atomic mass is 16.6. The lowest BCUT2D eigenvalue weighted by Crippen LogP contribution is -2.44. The van der Waals surface area contributed by atoms with E-state index in [2.05, 4.69) is 16.7 Å². The highest BCUT2D eigenvalue weighted by Crippen LogP contribution is 2.28. The summed E-state index contributed by atoms with van der Waals surface area (Å²) >= 11 is 0. The van der Waals surface area contributed by atoms with E-state index in [1.165, 1.54) is 0 Å². The molecule has 0 heterocycles. The normalized spacial score (nSPS) is 11.8. The molecule has 0 aliphatic heterocycles. The highest BCUT2D eigenvalue weighted by Gasteiger charge is 2.32. The number of benzene rings is 3. The third-order valence-electron chi connectivity index (χ3n) is 5.66. The third-order valence-corrected chi connectivity index (χ3v) is 5.66. The second-order valence-electron chi connectivity index (χ2n) is 9.49. The molecular formula is C29H31N3O4. The lowest BCUT2D eigenvalue weighted by Gasteiger charge is -2.28. The van der Waals surface area contributed by atoms with Crippen LogP contribution >= 0.6 is 0 Å². The molecule has 0 aliphatic rings. The first kappa shape index (κ1) is 26.3. The van der Waals surface area contributed by atoms with Gasteiger partial charge in [0.25, 0.3) is 11.8 Å². The van der Waals surface area contributed by atoms with E-state index >= 15 is 0 Å². The van der Waals surface area contributed by atoms with E-state index in [9.17, 15) is 14.4 Å². The lowest BCUT2D eigenvalue weighted by molar-refractivity contribution is -0.134. The molecule has 3 rings (SSSR count). The molecule has 0 saturated heterocycles. The number of anilines is 1. The van der Waals surface area contributed by atoms with Crippen molar-refractivity contribution in [1.29, 1.82) is 0 Å². The fraction of sp³-hybridized carbons (Fsp3) is 0.276. The van der Waals surface area contributed by atoms with Crippen molar-refractivity contribution < 1.29 is 19.1 Å². The van der Waals surface area contributed by atoms with Crippen LogP contribution < -0.4 is 10.6 Å². The van der Waals surface area contributed by atoms with Gasteiger partial charge in [-0.15, -0.1) is 0 Å². The van der Waals surface area contributed by atoms with Crippen LogP contribution in [0.4, 0.5) is 10.5 Å². The molecule has 1 unspecified atom stereocenters. The molecule has 7 nitrogen and oxygen atoms in total. The molecule has 36 heavy (non-hydrogen) atoms. The molecule has 186 valence electrons. The number of nitrogens with zero attached hydrogens (tertiary/aromatic N) is 1. The van der Waals surface area contributed by atoms with E-state index in [4.69, 9.17) is 11.2 Å². The maximum Gasteiger partial charge on any atom is 0.408 e. The van der Waals surface area contributed by atoms with Crippen molar-refractivity contribution >= 4 is 34.4 Å². The monoisotopic (exact) mass is 485 g/mol. The topological polar surface area (TPSA) is 87.7 Å². The van der Waals surface area contributed by atoms with Gasteiger partial charge >= 0.3 is 6.09 Å². The Balaban J connectivity index is 1.91. The largest absolute Gasteiger partial charge is 0.444 e. The summed E-state index contributed by atoms with van der Waals surface area (Å²) in [5.74, 6) is -1.09. The number of carbonyl (C=O) groups is 3. The number of carbonyl (C=O) groups excluding carboxylic acids is 3.